The van der Waals surface area contributed by atoms with Gasteiger partial charge in [0.2, 0.25) is 23.6 Å². The van der Waals surface area contributed by atoms with Crippen LogP contribution in [0.15, 0.2) is 12.4 Å². The lowest BCUT2D eigenvalue weighted by Gasteiger charge is -2.42. The Kier molecular flexibility index (Phi) is 18.1. The first-order valence-electron chi connectivity index (χ1n) is 26.9. The Morgan fingerprint density at radius 2 is 1.19 bits per heavy atom. The minimum atomic E-state index is -0.481. The highest BCUT2D eigenvalue weighted by Crippen LogP contribution is 2.30. The van der Waals surface area contributed by atoms with Crippen LogP contribution >= 0.6 is 0 Å². The van der Waals surface area contributed by atoms with Crippen LogP contribution in [0, 0.1) is 35.5 Å². The maximum Gasteiger partial charge on any atom is 0.245 e. The third-order valence-electron chi connectivity index (χ3n) is 16.2. The molecule has 14 heteroatoms. The van der Waals surface area contributed by atoms with Crippen molar-refractivity contribution in [1.82, 2.24) is 49.3 Å². The van der Waals surface area contributed by atoms with Gasteiger partial charge in [0.05, 0.1) is 12.1 Å². The zero-order valence-electron chi connectivity index (χ0n) is 42.8. The van der Waals surface area contributed by atoms with Crippen molar-refractivity contribution >= 4 is 23.6 Å². The van der Waals surface area contributed by atoms with Crippen LogP contribution in [0.25, 0.3) is 0 Å². The average Bonchev–Trinajstić information content (AvgIpc) is 3.89. The van der Waals surface area contributed by atoms with Crippen molar-refractivity contribution in [2.75, 3.05) is 52.4 Å². The lowest BCUT2D eigenvalue weighted by Crippen LogP contribution is -2.62. The number of carbonyl (C=O) groups is 4. The van der Waals surface area contributed by atoms with Crippen LogP contribution in [0.3, 0.4) is 0 Å². The smallest absolute Gasteiger partial charge is 0.245 e. The standard InChI is InChI=1S/C53H88N10O4/c1-9-42-34-56-48(58(42)8)32-40-15-22-60(23-16-40)53(67)47(63-27-19-54-44(50(63)64)28-36(2)3)31-39(7)14-13-38(6)30-45-51(65)62(26-20-55-45)46(29-37(4)5)52(66)59-24-17-41(18-25-59)33-49-57-35-43-12-10-11-21-61(43)49/h34-41,44-47,54-55H,9-33H2,1-8H3/t38?,39?,44-,45-,46-,47-/m0/s1. The zero-order valence-corrected chi connectivity index (χ0v) is 42.8. The fourth-order valence-corrected chi connectivity index (χ4v) is 12.1. The van der Waals surface area contributed by atoms with Gasteiger partial charge in [0, 0.05) is 103 Å². The monoisotopic (exact) mass is 929 g/mol. The highest BCUT2D eigenvalue weighted by Gasteiger charge is 2.42. The Labute approximate surface area is 403 Å². The first-order valence-corrected chi connectivity index (χ1v) is 26.9. The van der Waals surface area contributed by atoms with Crippen molar-refractivity contribution in [1.29, 1.82) is 0 Å². The maximum absolute atomic E-state index is 14.6. The van der Waals surface area contributed by atoms with Gasteiger partial charge in [-0.25, -0.2) is 9.97 Å². The molecule has 0 spiro atoms. The number of hydrogen-bond acceptors (Lipinski definition) is 8. The van der Waals surface area contributed by atoms with Crippen molar-refractivity contribution in [3.05, 3.63) is 35.4 Å². The van der Waals surface area contributed by atoms with E-state index in [9.17, 15) is 19.2 Å². The lowest BCUT2D eigenvalue weighted by atomic mass is 9.87. The number of fused-ring (bicyclic) bond motifs is 1. The van der Waals surface area contributed by atoms with E-state index >= 15 is 0 Å². The van der Waals surface area contributed by atoms with Gasteiger partial charge < -0.3 is 39.4 Å². The Morgan fingerprint density at radius 1 is 0.657 bits per heavy atom. The van der Waals surface area contributed by atoms with Crippen LogP contribution in [0.2, 0.25) is 0 Å². The van der Waals surface area contributed by atoms with E-state index in [1.54, 1.807) is 0 Å². The van der Waals surface area contributed by atoms with Gasteiger partial charge >= 0.3 is 0 Å². The molecule has 67 heavy (non-hydrogen) atoms. The SMILES string of the molecule is CCc1cnc(CC2CCN(C(=O)[C@H](CC(C)CCC(C)C[C@@H]3NCCN([C@@H](CC(C)C)C(=O)N4CCC(Cc5ncc6n5CCCC6)CC4)C3=O)N3CCN[C@@H](CC(C)C)C3=O)CC2)n1C. The summed E-state index contributed by atoms with van der Waals surface area (Å²) in [6.45, 7) is 21.7. The molecular formula is C53H88N10O4. The van der Waals surface area contributed by atoms with Crippen molar-refractivity contribution in [2.45, 2.75) is 182 Å². The van der Waals surface area contributed by atoms with Gasteiger partial charge in [0.25, 0.3) is 0 Å². The largest absolute Gasteiger partial charge is 0.341 e. The summed E-state index contributed by atoms with van der Waals surface area (Å²) in [7, 11) is 2.11. The molecule has 374 valence electrons. The number of nitrogens with zero attached hydrogens (tertiary/aromatic N) is 8. The van der Waals surface area contributed by atoms with Crippen molar-refractivity contribution in [2.24, 2.45) is 42.6 Å². The molecule has 5 aliphatic heterocycles. The number of rotatable bonds is 20. The molecular weight excluding hydrogens is 841 g/mol. The highest BCUT2D eigenvalue weighted by molar-refractivity contribution is 5.91. The number of piperazine rings is 2. The van der Waals surface area contributed by atoms with Crippen LogP contribution in [0.1, 0.15) is 149 Å². The van der Waals surface area contributed by atoms with E-state index in [-0.39, 0.29) is 53.5 Å². The number of imidazole rings is 2. The summed E-state index contributed by atoms with van der Waals surface area (Å²) in [5.74, 6) is 4.79. The number of aromatic nitrogens is 4. The third-order valence-corrected chi connectivity index (χ3v) is 16.2. The zero-order chi connectivity index (χ0) is 47.8. The van der Waals surface area contributed by atoms with E-state index < -0.39 is 12.1 Å². The molecule has 2 N–H and O–H groups in total. The third kappa shape index (κ3) is 12.9. The van der Waals surface area contributed by atoms with Gasteiger partial charge in [0.15, 0.2) is 0 Å². The van der Waals surface area contributed by atoms with Crippen LogP contribution in [0.5, 0.6) is 0 Å². The summed E-state index contributed by atoms with van der Waals surface area (Å²) in [6.07, 6.45) is 18.9. The predicted octanol–water partition coefficient (Wildman–Crippen LogP) is 6.04. The number of piperidine rings is 2. The summed E-state index contributed by atoms with van der Waals surface area (Å²) in [4.78, 5) is 74.9. The molecule has 2 aromatic rings. The fourth-order valence-electron chi connectivity index (χ4n) is 12.1. The van der Waals surface area contributed by atoms with E-state index in [1.807, 2.05) is 25.8 Å². The van der Waals surface area contributed by atoms with Crippen LogP contribution in [-0.2, 0) is 58.5 Å². The molecule has 0 aromatic carbocycles. The van der Waals surface area contributed by atoms with E-state index in [0.717, 1.165) is 96.1 Å². The molecule has 14 nitrogen and oxygen atoms in total. The quantitative estimate of drug-likeness (QED) is 0.164. The molecule has 4 amide bonds. The van der Waals surface area contributed by atoms with Gasteiger partial charge in [-0.3, -0.25) is 19.2 Å². The Balaban J connectivity index is 0.924. The Morgan fingerprint density at radius 3 is 1.75 bits per heavy atom. The molecule has 7 rings (SSSR count). The van der Waals surface area contributed by atoms with Crippen LogP contribution < -0.4 is 10.6 Å². The summed E-state index contributed by atoms with van der Waals surface area (Å²) in [6, 6.07) is -1.51. The molecule has 0 saturated carbocycles. The molecule has 2 unspecified atom stereocenters. The van der Waals surface area contributed by atoms with Crippen LogP contribution in [0.4, 0.5) is 0 Å². The summed E-state index contributed by atoms with van der Waals surface area (Å²) in [5, 5.41) is 6.99. The summed E-state index contributed by atoms with van der Waals surface area (Å²) >= 11 is 0. The van der Waals surface area contributed by atoms with E-state index in [2.05, 4.69) is 81.5 Å². The second-order valence-electron chi connectivity index (χ2n) is 22.4. The summed E-state index contributed by atoms with van der Waals surface area (Å²) < 4.78 is 4.66. The van der Waals surface area contributed by atoms with Gasteiger partial charge in [0.1, 0.15) is 23.7 Å². The molecule has 0 aliphatic carbocycles. The van der Waals surface area contributed by atoms with Gasteiger partial charge in [-0.1, -0.05) is 61.3 Å². The first kappa shape index (κ1) is 51.1. The number of amides is 4. The minimum Gasteiger partial charge on any atom is -0.341 e. The topological polar surface area (TPSA) is 141 Å². The molecule has 4 fully saturated rings. The average molecular weight is 929 g/mol. The molecule has 0 bridgehead atoms. The lowest BCUT2D eigenvalue weighted by molar-refractivity contribution is -0.150. The normalized spacial score (nSPS) is 23.3. The fraction of sp³-hybridized carbons (Fsp3) is 0.811. The molecule has 4 saturated heterocycles. The molecule has 2 aromatic heterocycles. The van der Waals surface area contributed by atoms with Crippen molar-refractivity contribution in [3.8, 4) is 0 Å². The van der Waals surface area contributed by atoms with Crippen molar-refractivity contribution < 1.29 is 19.2 Å². The number of hydrogen-bond donors (Lipinski definition) is 2. The second kappa shape index (κ2) is 23.7. The second-order valence-corrected chi connectivity index (χ2v) is 22.4. The Hall–Kier alpha value is -3.78. The van der Waals surface area contributed by atoms with Crippen LogP contribution in [-0.4, -0.2) is 139 Å². The van der Waals surface area contributed by atoms with E-state index in [4.69, 9.17) is 9.97 Å². The molecule has 5 aliphatic rings. The Bertz CT molecular complexity index is 1940. The van der Waals surface area contributed by atoms with E-state index in [1.165, 1.54) is 30.1 Å². The first-order chi connectivity index (χ1) is 32.2. The summed E-state index contributed by atoms with van der Waals surface area (Å²) in [5.41, 5.74) is 2.62. The highest BCUT2D eigenvalue weighted by atomic mass is 16.2. The minimum absolute atomic E-state index is 0.0531. The van der Waals surface area contributed by atoms with Gasteiger partial charge in [-0.15, -0.1) is 0 Å². The van der Waals surface area contributed by atoms with Crippen molar-refractivity contribution in [3.63, 3.8) is 0 Å². The van der Waals surface area contributed by atoms with Gasteiger partial charge in [-0.2, -0.15) is 0 Å². The number of nitrogens with one attached hydrogen (secondary N) is 2. The number of carbonyl (C=O) groups excluding carboxylic acids is 4. The number of likely N-dealkylation sites (tertiary alicyclic amines) is 2. The molecule has 6 atom stereocenters. The number of aryl methyl sites for hydroxylation is 2. The molecule has 7 heterocycles. The van der Waals surface area contributed by atoms with Gasteiger partial charge in [-0.05, 0) is 113 Å². The maximum atomic E-state index is 14.6. The predicted molar refractivity (Wildman–Crippen MR) is 264 cm³/mol. The molecule has 0 radical (unpaired) electrons. The van der Waals surface area contributed by atoms with E-state index in [0.29, 0.717) is 76.3 Å².